The van der Waals surface area contributed by atoms with Crippen LogP contribution in [0.5, 0.6) is 5.75 Å². The fourth-order valence-electron chi connectivity index (χ4n) is 2.85. The summed E-state index contributed by atoms with van der Waals surface area (Å²) in [6.45, 7) is 1.98. The number of benzene rings is 3. The van der Waals surface area contributed by atoms with E-state index in [2.05, 4.69) is 20.9 Å². The van der Waals surface area contributed by atoms with Crippen LogP contribution in [0.15, 0.2) is 88.0 Å². The summed E-state index contributed by atoms with van der Waals surface area (Å²) in [5.74, 6) is -0.504. The Morgan fingerprint density at radius 1 is 1.00 bits per heavy atom. The molecule has 0 unspecified atom stereocenters. The van der Waals surface area contributed by atoms with Crippen LogP contribution in [0.3, 0.4) is 0 Å². The average molecular weight is 462 g/mol. The molecule has 3 aromatic carbocycles. The van der Waals surface area contributed by atoms with Crippen molar-refractivity contribution >= 4 is 39.8 Å². The first kappa shape index (κ1) is 19.8. The Morgan fingerprint density at radius 3 is 2.47 bits per heavy atom. The quantitative estimate of drug-likeness (QED) is 0.299. The van der Waals surface area contributed by atoms with E-state index in [4.69, 9.17) is 9.47 Å². The van der Waals surface area contributed by atoms with E-state index in [1.54, 1.807) is 48.5 Å². The minimum Gasteiger partial charge on any atom is -0.422 e. The summed E-state index contributed by atoms with van der Waals surface area (Å²) in [5, 5.41) is 0. The molecule has 30 heavy (non-hydrogen) atoms. The van der Waals surface area contributed by atoms with E-state index in [9.17, 15) is 9.59 Å². The fraction of sp³-hybridized carbons (Fsp3) is 0.0417. The maximum atomic E-state index is 12.6. The number of cyclic esters (lactones) is 1. The van der Waals surface area contributed by atoms with Crippen LogP contribution in [0.2, 0.25) is 0 Å². The summed E-state index contributed by atoms with van der Waals surface area (Å²) in [4.78, 5) is 29.2. The predicted octanol–water partition coefficient (Wildman–Crippen LogP) is 5.32. The van der Waals surface area contributed by atoms with Gasteiger partial charge in [-0.1, -0.05) is 48.0 Å². The molecule has 0 saturated carbocycles. The van der Waals surface area contributed by atoms with Gasteiger partial charge in [0.2, 0.25) is 5.90 Å². The molecule has 0 atom stereocenters. The number of rotatable bonds is 4. The maximum Gasteiger partial charge on any atom is 0.363 e. The highest BCUT2D eigenvalue weighted by Crippen LogP contribution is 2.26. The third-order valence-corrected chi connectivity index (χ3v) is 5.12. The largest absolute Gasteiger partial charge is 0.422 e. The lowest BCUT2D eigenvalue weighted by molar-refractivity contribution is -0.129. The Labute approximate surface area is 181 Å². The topological polar surface area (TPSA) is 65.0 Å². The number of para-hydroxylation sites is 1. The second kappa shape index (κ2) is 8.47. The van der Waals surface area contributed by atoms with Crippen LogP contribution in [-0.2, 0) is 9.53 Å². The van der Waals surface area contributed by atoms with Crippen molar-refractivity contribution < 1.29 is 19.1 Å². The zero-order chi connectivity index (χ0) is 21.1. The van der Waals surface area contributed by atoms with E-state index >= 15 is 0 Å². The Bertz CT molecular complexity index is 1200. The van der Waals surface area contributed by atoms with Gasteiger partial charge < -0.3 is 9.47 Å². The number of carbonyl (C=O) groups is 2. The Kier molecular flexibility index (Phi) is 5.59. The van der Waals surface area contributed by atoms with Gasteiger partial charge in [-0.15, -0.1) is 0 Å². The molecule has 4 rings (SSSR count). The summed E-state index contributed by atoms with van der Waals surface area (Å²) < 4.78 is 11.5. The van der Waals surface area contributed by atoms with E-state index < -0.39 is 11.9 Å². The maximum absolute atomic E-state index is 12.6. The Hall–Kier alpha value is -3.51. The second-order valence-electron chi connectivity index (χ2n) is 6.61. The second-order valence-corrected chi connectivity index (χ2v) is 7.46. The standard InChI is InChI=1S/C24H16BrNO4/c1-15-10-12-16(13-11-15)22-26-20(24(28)30-22)14-17-6-2-5-9-21(17)29-23(27)18-7-3-4-8-19(18)25/h2-14H,1H3/b20-14+. The molecule has 0 radical (unpaired) electrons. The molecule has 6 heteroatoms. The van der Waals surface area contributed by atoms with Gasteiger partial charge in [0, 0.05) is 15.6 Å². The molecule has 1 aliphatic rings. The minimum atomic E-state index is -0.558. The van der Waals surface area contributed by atoms with Crippen LogP contribution >= 0.6 is 15.9 Å². The van der Waals surface area contributed by atoms with Crippen molar-refractivity contribution in [3.8, 4) is 5.75 Å². The SMILES string of the molecule is Cc1ccc(C2=N/C(=C/c3ccccc3OC(=O)c3ccccc3Br)C(=O)O2)cc1. The van der Waals surface area contributed by atoms with Gasteiger partial charge in [-0.3, -0.25) is 0 Å². The van der Waals surface area contributed by atoms with Gasteiger partial charge in [0.05, 0.1) is 5.56 Å². The highest BCUT2D eigenvalue weighted by atomic mass is 79.9. The van der Waals surface area contributed by atoms with Gasteiger partial charge in [0.25, 0.3) is 0 Å². The smallest absolute Gasteiger partial charge is 0.363 e. The van der Waals surface area contributed by atoms with Crippen molar-refractivity contribution in [2.24, 2.45) is 4.99 Å². The van der Waals surface area contributed by atoms with Gasteiger partial charge in [0.15, 0.2) is 5.70 Å². The first-order valence-corrected chi connectivity index (χ1v) is 9.96. The van der Waals surface area contributed by atoms with Crippen LogP contribution in [-0.4, -0.2) is 17.8 Å². The molecule has 0 spiro atoms. The van der Waals surface area contributed by atoms with Crippen LogP contribution < -0.4 is 4.74 Å². The molecule has 0 aromatic heterocycles. The van der Waals surface area contributed by atoms with Gasteiger partial charge in [-0.2, -0.15) is 0 Å². The number of aryl methyl sites for hydroxylation is 1. The molecule has 0 aliphatic carbocycles. The van der Waals surface area contributed by atoms with Gasteiger partial charge >= 0.3 is 11.9 Å². The summed E-state index contributed by atoms with van der Waals surface area (Å²) in [6, 6.07) is 21.5. The minimum absolute atomic E-state index is 0.134. The molecule has 0 bridgehead atoms. The molecular formula is C24H16BrNO4. The van der Waals surface area contributed by atoms with Crippen molar-refractivity contribution in [1.82, 2.24) is 0 Å². The van der Waals surface area contributed by atoms with Crippen molar-refractivity contribution in [3.63, 3.8) is 0 Å². The van der Waals surface area contributed by atoms with E-state index in [1.165, 1.54) is 0 Å². The number of aliphatic imine (C=N–C) groups is 1. The third-order valence-electron chi connectivity index (χ3n) is 4.43. The van der Waals surface area contributed by atoms with Crippen molar-refractivity contribution in [3.05, 3.63) is 105 Å². The van der Waals surface area contributed by atoms with Crippen molar-refractivity contribution in [1.29, 1.82) is 0 Å². The van der Waals surface area contributed by atoms with Crippen LogP contribution in [0.4, 0.5) is 0 Å². The summed E-state index contributed by atoms with van der Waals surface area (Å²) in [5.41, 5.74) is 2.89. The zero-order valence-electron chi connectivity index (χ0n) is 16.0. The van der Waals surface area contributed by atoms with Gasteiger partial charge in [-0.05, 0) is 59.3 Å². The number of ether oxygens (including phenoxy) is 2. The highest BCUT2D eigenvalue weighted by molar-refractivity contribution is 9.10. The molecule has 0 saturated heterocycles. The van der Waals surface area contributed by atoms with Crippen molar-refractivity contribution in [2.75, 3.05) is 0 Å². The first-order valence-electron chi connectivity index (χ1n) is 9.16. The van der Waals surface area contributed by atoms with Crippen molar-refractivity contribution in [2.45, 2.75) is 6.92 Å². The van der Waals surface area contributed by atoms with Crippen LogP contribution in [0.1, 0.15) is 27.0 Å². The lowest BCUT2D eigenvalue weighted by Gasteiger charge is -2.08. The van der Waals surface area contributed by atoms with Gasteiger partial charge in [-0.25, -0.2) is 14.6 Å². The highest BCUT2D eigenvalue weighted by Gasteiger charge is 2.24. The lowest BCUT2D eigenvalue weighted by Crippen LogP contribution is -2.10. The zero-order valence-corrected chi connectivity index (χ0v) is 17.5. The molecule has 0 fully saturated rings. The monoisotopic (exact) mass is 461 g/mol. The fourth-order valence-corrected chi connectivity index (χ4v) is 3.30. The Morgan fingerprint density at radius 2 is 1.70 bits per heavy atom. The number of esters is 2. The third kappa shape index (κ3) is 4.23. The molecule has 0 N–H and O–H groups in total. The average Bonchev–Trinajstić information content (AvgIpc) is 3.10. The van der Waals surface area contributed by atoms with Crippen LogP contribution in [0, 0.1) is 6.92 Å². The summed E-state index contributed by atoms with van der Waals surface area (Å²) in [7, 11) is 0. The van der Waals surface area contributed by atoms with E-state index in [-0.39, 0.29) is 11.6 Å². The molecule has 148 valence electrons. The van der Waals surface area contributed by atoms with E-state index in [0.29, 0.717) is 26.9 Å². The number of hydrogen-bond donors (Lipinski definition) is 0. The summed E-state index contributed by atoms with van der Waals surface area (Å²) >= 11 is 3.35. The molecule has 1 heterocycles. The molecule has 0 amide bonds. The number of halogens is 1. The molecular weight excluding hydrogens is 446 g/mol. The first-order chi connectivity index (χ1) is 14.5. The molecule has 3 aromatic rings. The van der Waals surface area contributed by atoms with E-state index in [1.807, 2.05) is 37.3 Å². The van der Waals surface area contributed by atoms with Gasteiger partial charge in [0.1, 0.15) is 5.75 Å². The molecule has 1 aliphatic heterocycles. The molecule has 5 nitrogen and oxygen atoms in total. The predicted molar refractivity (Wildman–Crippen MR) is 117 cm³/mol. The lowest BCUT2D eigenvalue weighted by atomic mass is 10.1. The Balaban J connectivity index is 1.63. The van der Waals surface area contributed by atoms with Crippen LogP contribution in [0.25, 0.3) is 6.08 Å². The number of nitrogens with zero attached hydrogens (tertiary/aromatic N) is 1. The summed E-state index contributed by atoms with van der Waals surface area (Å²) in [6.07, 6.45) is 1.55. The number of hydrogen-bond acceptors (Lipinski definition) is 5. The normalized spacial score (nSPS) is 14.4. The van der Waals surface area contributed by atoms with E-state index in [0.717, 1.165) is 5.56 Å². The number of carbonyl (C=O) groups excluding carboxylic acids is 2.